The zero-order valence-corrected chi connectivity index (χ0v) is 13.4. The maximum Gasteiger partial charge on any atom is 0.124 e. The fourth-order valence-corrected chi connectivity index (χ4v) is 3.20. The first-order chi connectivity index (χ1) is 10.1. The van der Waals surface area contributed by atoms with Gasteiger partial charge in [0.15, 0.2) is 0 Å². The van der Waals surface area contributed by atoms with E-state index in [9.17, 15) is 4.39 Å². The molecule has 2 rings (SSSR count). The summed E-state index contributed by atoms with van der Waals surface area (Å²) in [6.45, 7) is 4.12. The SMILES string of the molecule is COCCN(C(CN)c1ccc(F)cc1Cl)C(C)C1CC1. The summed E-state index contributed by atoms with van der Waals surface area (Å²) in [6, 6.07) is 4.96. The predicted octanol–water partition coefficient (Wildman–Crippen LogP) is 3.23. The number of nitrogens with two attached hydrogens (primary N) is 1. The minimum Gasteiger partial charge on any atom is -0.383 e. The van der Waals surface area contributed by atoms with E-state index >= 15 is 0 Å². The lowest BCUT2D eigenvalue weighted by Crippen LogP contribution is -2.43. The highest BCUT2D eigenvalue weighted by molar-refractivity contribution is 6.31. The molecule has 1 aliphatic rings. The van der Waals surface area contributed by atoms with Crippen LogP contribution in [0.5, 0.6) is 0 Å². The molecule has 2 atom stereocenters. The fourth-order valence-electron chi connectivity index (χ4n) is 2.90. The van der Waals surface area contributed by atoms with Crippen LogP contribution in [-0.4, -0.2) is 37.7 Å². The zero-order chi connectivity index (χ0) is 15.4. The lowest BCUT2D eigenvalue weighted by atomic mass is 10.0. The van der Waals surface area contributed by atoms with Crippen LogP contribution in [0.4, 0.5) is 4.39 Å². The van der Waals surface area contributed by atoms with E-state index in [4.69, 9.17) is 22.1 Å². The van der Waals surface area contributed by atoms with Crippen molar-refractivity contribution in [3.05, 3.63) is 34.6 Å². The molecule has 0 aliphatic heterocycles. The molecule has 1 aliphatic carbocycles. The molecule has 1 saturated carbocycles. The number of ether oxygens (including phenoxy) is 1. The summed E-state index contributed by atoms with van der Waals surface area (Å²) in [5.41, 5.74) is 6.90. The summed E-state index contributed by atoms with van der Waals surface area (Å²) in [6.07, 6.45) is 2.53. The van der Waals surface area contributed by atoms with Crippen molar-refractivity contribution in [3.8, 4) is 0 Å². The summed E-state index contributed by atoms with van der Waals surface area (Å²) in [4.78, 5) is 2.35. The molecule has 2 N–H and O–H groups in total. The van der Waals surface area contributed by atoms with Gasteiger partial charge in [-0.3, -0.25) is 4.90 Å². The maximum atomic E-state index is 13.3. The van der Waals surface area contributed by atoms with Crippen LogP contribution in [0.3, 0.4) is 0 Å². The smallest absolute Gasteiger partial charge is 0.124 e. The summed E-state index contributed by atoms with van der Waals surface area (Å²) in [7, 11) is 1.70. The first-order valence-electron chi connectivity index (χ1n) is 7.48. The van der Waals surface area contributed by atoms with E-state index in [-0.39, 0.29) is 11.9 Å². The second kappa shape index (κ2) is 7.54. The first-order valence-corrected chi connectivity index (χ1v) is 7.86. The molecule has 1 aromatic rings. The Hall–Kier alpha value is -0.680. The molecule has 0 aromatic heterocycles. The van der Waals surface area contributed by atoms with Gasteiger partial charge in [-0.25, -0.2) is 4.39 Å². The van der Waals surface area contributed by atoms with Crippen LogP contribution >= 0.6 is 11.6 Å². The van der Waals surface area contributed by atoms with Crippen molar-refractivity contribution in [1.29, 1.82) is 0 Å². The summed E-state index contributed by atoms with van der Waals surface area (Å²) in [5, 5.41) is 0.441. The standard InChI is InChI=1S/C16H24ClFN2O/c1-11(12-3-4-12)20(7-8-21-2)16(10-19)14-6-5-13(18)9-15(14)17/h5-6,9,11-12,16H,3-4,7-8,10,19H2,1-2H3. The molecule has 0 radical (unpaired) electrons. The second-order valence-corrected chi connectivity index (χ2v) is 6.13. The molecule has 2 unspecified atom stereocenters. The molecule has 0 amide bonds. The van der Waals surface area contributed by atoms with E-state index in [1.165, 1.54) is 25.0 Å². The van der Waals surface area contributed by atoms with Gasteiger partial charge in [0.2, 0.25) is 0 Å². The van der Waals surface area contributed by atoms with Gasteiger partial charge in [-0.15, -0.1) is 0 Å². The van der Waals surface area contributed by atoms with Gasteiger partial charge in [0, 0.05) is 37.3 Å². The van der Waals surface area contributed by atoms with Crippen molar-refractivity contribution in [2.24, 2.45) is 11.7 Å². The van der Waals surface area contributed by atoms with Crippen molar-refractivity contribution < 1.29 is 9.13 Å². The van der Waals surface area contributed by atoms with E-state index in [0.29, 0.717) is 24.2 Å². The van der Waals surface area contributed by atoms with Crippen molar-refractivity contribution in [2.75, 3.05) is 26.8 Å². The minimum absolute atomic E-state index is 0.0103. The van der Waals surface area contributed by atoms with E-state index in [1.807, 2.05) is 0 Å². The van der Waals surface area contributed by atoms with Gasteiger partial charge in [-0.2, -0.15) is 0 Å². The van der Waals surface area contributed by atoms with Gasteiger partial charge in [0.25, 0.3) is 0 Å². The Bertz CT molecular complexity index is 468. The quantitative estimate of drug-likeness (QED) is 0.800. The zero-order valence-electron chi connectivity index (χ0n) is 12.7. The highest BCUT2D eigenvalue weighted by Gasteiger charge is 2.35. The molecule has 0 saturated heterocycles. The fraction of sp³-hybridized carbons (Fsp3) is 0.625. The normalized spacial score (nSPS) is 18.0. The third-order valence-electron chi connectivity index (χ3n) is 4.33. The Morgan fingerprint density at radius 2 is 2.19 bits per heavy atom. The van der Waals surface area contributed by atoms with Gasteiger partial charge < -0.3 is 10.5 Å². The minimum atomic E-state index is -0.321. The molecular weight excluding hydrogens is 291 g/mol. The summed E-state index contributed by atoms with van der Waals surface area (Å²) < 4.78 is 18.5. The van der Waals surface area contributed by atoms with Crippen molar-refractivity contribution in [2.45, 2.75) is 31.8 Å². The van der Waals surface area contributed by atoms with E-state index in [1.54, 1.807) is 13.2 Å². The number of rotatable bonds is 8. The van der Waals surface area contributed by atoms with E-state index < -0.39 is 0 Å². The Kier molecular flexibility index (Phi) is 5.99. The third kappa shape index (κ3) is 4.16. The molecule has 0 spiro atoms. The van der Waals surface area contributed by atoms with Gasteiger partial charge in [0.1, 0.15) is 5.82 Å². The molecule has 0 bridgehead atoms. The highest BCUT2D eigenvalue weighted by Crippen LogP contribution is 2.39. The number of nitrogens with zero attached hydrogens (tertiary/aromatic N) is 1. The maximum absolute atomic E-state index is 13.3. The predicted molar refractivity (Wildman–Crippen MR) is 84.0 cm³/mol. The number of hydrogen-bond acceptors (Lipinski definition) is 3. The molecule has 21 heavy (non-hydrogen) atoms. The lowest BCUT2D eigenvalue weighted by Gasteiger charge is -2.36. The van der Waals surface area contributed by atoms with Gasteiger partial charge in [0.05, 0.1) is 6.61 Å². The molecule has 1 fully saturated rings. The van der Waals surface area contributed by atoms with Crippen LogP contribution in [0.25, 0.3) is 0 Å². The van der Waals surface area contributed by atoms with Crippen LogP contribution in [0, 0.1) is 11.7 Å². The monoisotopic (exact) mass is 314 g/mol. The molecule has 3 nitrogen and oxygen atoms in total. The lowest BCUT2D eigenvalue weighted by molar-refractivity contribution is 0.0835. The highest BCUT2D eigenvalue weighted by atomic mass is 35.5. The molecule has 118 valence electrons. The molecule has 1 aromatic carbocycles. The first kappa shape index (κ1) is 16.7. The number of hydrogen-bond donors (Lipinski definition) is 1. The van der Waals surface area contributed by atoms with Crippen molar-refractivity contribution in [1.82, 2.24) is 4.90 Å². The van der Waals surface area contributed by atoms with Crippen LogP contribution in [-0.2, 0) is 4.74 Å². The van der Waals surface area contributed by atoms with Crippen molar-refractivity contribution in [3.63, 3.8) is 0 Å². The second-order valence-electron chi connectivity index (χ2n) is 5.73. The topological polar surface area (TPSA) is 38.5 Å². The van der Waals surface area contributed by atoms with Crippen LogP contribution in [0.15, 0.2) is 18.2 Å². The Labute approximate surface area is 131 Å². The Morgan fingerprint density at radius 1 is 1.48 bits per heavy atom. The van der Waals surface area contributed by atoms with Crippen LogP contribution in [0.2, 0.25) is 5.02 Å². The average Bonchev–Trinajstić information content (AvgIpc) is 3.28. The largest absolute Gasteiger partial charge is 0.383 e. The molecule has 0 heterocycles. The number of methoxy groups -OCH3 is 1. The third-order valence-corrected chi connectivity index (χ3v) is 4.65. The van der Waals surface area contributed by atoms with E-state index in [2.05, 4.69) is 11.8 Å². The van der Waals surface area contributed by atoms with E-state index in [0.717, 1.165) is 18.0 Å². The Balaban J connectivity index is 2.24. The summed E-state index contributed by atoms with van der Waals surface area (Å²) >= 11 is 6.23. The Morgan fingerprint density at radius 3 is 2.71 bits per heavy atom. The molecular formula is C16H24ClFN2O. The van der Waals surface area contributed by atoms with Crippen LogP contribution < -0.4 is 5.73 Å². The number of benzene rings is 1. The van der Waals surface area contributed by atoms with Crippen molar-refractivity contribution >= 4 is 11.6 Å². The average molecular weight is 315 g/mol. The molecule has 5 heteroatoms. The number of halogens is 2. The van der Waals surface area contributed by atoms with Crippen LogP contribution in [0.1, 0.15) is 31.4 Å². The van der Waals surface area contributed by atoms with Gasteiger partial charge in [-0.1, -0.05) is 17.7 Å². The van der Waals surface area contributed by atoms with Gasteiger partial charge >= 0.3 is 0 Å². The van der Waals surface area contributed by atoms with Gasteiger partial charge in [-0.05, 0) is 43.4 Å². The summed E-state index contributed by atoms with van der Waals surface area (Å²) in [5.74, 6) is 0.397.